The number of anilines is 1. The van der Waals surface area contributed by atoms with E-state index in [0.29, 0.717) is 46.6 Å². The van der Waals surface area contributed by atoms with E-state index < -0.39 is 23.1 Å². The minimum atomic E-state index is -1.55. The number of carbonyl (C=O) groups is 3. The van der Waals surface area contributed by atoms with Gasteiger partial charge in [-0.25, -0.2) is 0 Å². The summed E-state index contributed by atoms with van der Waals surface area (Å²) in [5, 5.41) is 7.44. The molecule has 2 heterocycles. The minimum absolute atomic E-state index is 0.0222. The topological polar surface area (TPSA) is 103 Å². The highest BCUT2D eigenvalue weighted by Crippen LogP contribution is 2.40. The number of nitrogens with one attached hydrogen (secondary N) is 2. The second-order valence-corrected chi connectivity index (χ2v) is 11.0. The zero-order valence-electron chi connectivity index (χ0n) is 21.0. The van der Waals surface area contributed by atoms with Crippen molar-refractivity contribution in [3.05, 3.63) is 57.1 Å². The summed E-state index contributed by atoms with van der Waals surface area (Å²) in [5.41, 5.74) is 2.41. The Morgan fingerprint density at radius 1 is 1.05 bits per heavy atom. The molecule has 0 radical (unpaired) electrons. The Labute approximate surface area is 225 Å². The first-order valence-electron chi connectivity index (χ1n) is 12.1. The minimum Gasteiger partial charge on any atom is -0.484 e. The van der Waals surface area contributed by atoms with Gasteiger partial charge >= 0.3 is 11.9 Å². The van der Waals surface area contributed by atoms with Crippen LogP contribution in [-0.4, -0.2) is 37.4 Å². The van der Waals surface area contributed by atoms with E-state index in [-0.39, 0.29) is 31.8 Å². The predicted octanol–water partition coefficient (Wildman–Crippen LogP) is 4.78. The van der Waals surface area contributed by atoms with Crippen LogP contribution in [0.15, 0.2) is 30.3 Å². The molecule has 37 heavy (non-hydrogen) atoms. The quantitative estimate of drug-likeness (QED) is 0.497. The van der Waals surface area contributed by atoms with Gasteiger partial charge in [0.25, 0.3) is 5.79 Å². The van der Waals surface area contributed by atoms with Crippen molar-refractivity contribution in [1.29, 1.82) is 0 Å². The Kier molecular flexibility index (Phi) is 8.02. The van der Waals surface area contributed by atoms with E-state index in [2.05, 4.69) is 10.6 Å². The van der Waals surface area contributed by atoms with Crippen molar-refractivity contribution < 1.29 is 28.6 Å². The van der Waals surface area contributed by atoms with Crippen LogP contribution in [0.2, 0.25) is 10.0 Å². The van der Waals surface area contributed by atoms with Crippen LogP contribution in [0.4, 0.5) is 5.69 Å². The van der Waals surface area contributed by atoms with Crippen LogP contribution >= 0.6 is 23.2 Å². The summed E-state index contributed by atoms with van der Waals surface area (Å²) in [6.07, 6.45) is 0.517. The molecule has 2 aromatic carbocycles. The zero-order chi connectivity index (χ0) is 26.8. The molecule has 0 unspecified atom stereocenters. The second kappa shape index (κ2) is 10.9. The maximum Gasteiger partial charge on any atom is 0.309 e. The number of ether oxygens (including phenoxy) is 3. The number of rotatable bonds is 6. The van der Waals surface area contributed by atoms with Gasteiger partial charge in [-0.1, -0.05) is 50.0 Å². The third-order valence-corrected chi connectivity index (χ3v) is 6.94. The molecule has 4 rings (SSSR count). The number of carbonyl (C=O) groups excluding carboxylic acids is 3. The SMILES string of the molecule is CC(C)(C)C(=O)COc1ccc(CNc2c(Cl)ccc3c2CCNCC32OC(=O)CCC(=O)O2)cc1Cl. The van der Waals surface area contributed by atoms with E-state index in [1.54, 1.807) is 24.3 Å². The number of ketones is 1. The largest absolute Gasteiger partial charge is 0.484 e. The van der Waals surface area contributed by atoms with Crippen LogP contribution in [0.3, 0.4) is 0 Å². The maximum absolute atomic E-state index is 12.3. The molecule has 1 fully saturated rings. The maximum atomic E-state index is 12.3. The summed E-state index contributed by atoms with van der Waals surface area (Å²) in [7, 11) is 0. The zero-order valence-corrected chi connectivity index (χ0v) is 22.6. The van der Waals surface area contributed by atoms with Gasteiger partial charge in [-0.15, -0.1) is 0 Å². The number of hydrogen-bond acceptors (Lipinski definition) is 8. The fraction of sp³-hybridized carbons (Fsp3) is 0.444. The van der Waals surface area contributed by atoms with E-state index in [1.165, 1.54) is 0 Å². The lowest BCUT2D eigenvalue weighted by Gasteiger charge is -2.32. The van der Waals surface area contributed by atoms with Gasteiger partial charge in [-0.2, -0.15) is 0 Å². The molecule has 2 N–H and O–H groups in total. The van der Waals surface area contributed by atoms with Gasteiger partial charge in [-0.3, -0.25) is 14.4 Å². The summed E-state index contributed by atoms with van der Waals surface area (Å²) in [4.78, 5) is 36.8. The Balaban J connectivity index is 1.56. The molecule has 2 aromatic rings. The average Bonchev–Trinajstić information content (AvgIpc) is 3.09. The molecule has 8 nitrogen and oxygen atoms in total. The highest BCUT2D eigenvalue weighted by atomic mass is 35.5. The fourth-order valence-corrected chi connectivity index (χ4v) is 4.69. The lowest BCUT2D eigenvalue weighted by atomic mass is 9.91. The number of esters is 2. The van der Waals surface area contributed by atoms with Gasteiger partial charge in [0, 0.05) is 17.5 Å². The molecule has 0 aliphatic carbocycles. The molecular weight excluding hydrogens is 519 g/mol. The standard InChI is InChI=1S/C27H30Cl2N2O6/c1-26(2,3)22(32)14-35-21-7-4-16(12-20(21)29)13-31-25-17-10-11-30-15-27(18(17)5-6-19(25)28)36-23(33)8-9-24(34)37-27/h4-7,12,30-31H,8-11,13-15H2,1-3H3. The average molecular weight is 549 g/mol. The molecule has 1 spiro atoms. The molecule has 10 heteroatoms. The molecule has 0 saturated carbocycles. The van der Waals surface area contributed by atoms with Crippen molar-refractivity contribution in [3.8, 4) is 5.75 Å². The Morgan fingerprint density at radius 3 is 2.41 bits per heavy atom. The lowest BCUT2D eigenvalue weighted by molar-refractivity contribution is -0.225. The summed E-state index contributed by atoms with van der Waals surface area (Å²) >= 11 is 13.0. The summed E-state index contributed by atoms with van der Waals surface area (Å²) < 4.78 is 17.0. The normalized spacial score (nSPS) is 17.2. The first-order valence-corrected chi connectivity index (χ1v) is 12.9. The molecule has 2 aliphatic heterocycles. The molecule has 0 amide bonds. The predicted molar refractivity (Wildman–Crippen MR) is 140 cm³/mol. The van der Waals surface area contributed by atoms with Gasteiger partial charge in [0.05, 0.1) is 35.1 Å². The van der Waals surface area contributed by atoms with Crippen molar-refractivity contribution in [2.75, 3.05) is 25.0 Å². The number of fused-ring (bicyclic) bond motifs is 2. The lowest BCUT2D eigenvalue weighted by Crippen LogP contribution is -2.43. The fourth-order valence-electron chi connectivity index (χ4n) is 4.19. The van der Waals surface area contributed by atoms with Gasteiger partial charge in [0.15, 0.2) is 5.78 Å². The highest BCUT2D eigenvalue weighted by molar-refractivity contribution is 6.33. The van der Waals surface area contributed by atoms with E-state index in [9.17, 15) is 14.4 Å². The summed E-state index contributed by atoms with van der Waals surface area (Å²) in [5.74, 6) is -2.13. The van der Waals surface area contributed by atoms with Crippen LogP contribution in [0, 0.1) is 5.41 Å². The summed E-state index contributed by atoms with van der Waals surface area (Å²) in [6.45, 7) is 6.57. The third-order valence-electron chi connectivity index (χ3n) is 6.33. The second-order valence-electron chi connectivity index (χ2n) is 10.2. The monoisotopic (exact) mass is 548 g/mol. The van der Waals surface area contributed by atoms with Crippen molar-refractivity contribution >= 4 is 46.6 Å². The molecular formula is C27H30Cl2N2O6. The van der Waals surface area contributed by atoms with Crippen LogP contribution in [0.25, 0.3) is 0 Å². The van der Waals surface area contributed by atoms with Crippen LogP contribution in [0.1, 0.15) is 50.3 Å². The Hall–Kier alpha value is -2.81. The van der Waals surface area contributed by atoms with Crippen LogP contribution in [0.5, 0.6) is 5.75 Å². The molecule has 0 atom stereocenters. The Morgan fingerprint density at radius 2 is 1.76 bits per heavy atom. The van der Waals surface area contributed by atoms with Crippen molar-refractivity contribution in [1.82, 2.24) is 5.32 Å². The van der Waals surface area contributed by atoms with Crippen molar-refractivity contribution in [3.63, 3.8) is 0 Å². The van der Waals surface area contributed by atoms with Gasteiger partial charge < -0.3 is 24.8 Å². The van der Waals surface area contributed by atoms with Crippen molar-refractivity contribution in [2.24, 2.45) is 5.41 Å². The first kappa shape index (κ1) is 27.2. The van der Waals surface area contributed by atoms with E-state index >= 15 is 0 Å². The van der Waals surface area contributed by atoms with E-state index in [1.807, 2.05) is 26.8 Å². The molecule has 2 aliphatic rings. The van der Waals surface area contributed by atoms with Gasteiger partial charge in [-0.05, 0) is 48.4 Å². The molecule has 0 bridgehead atoms. The van der Waals surface area contributed by atoms with Gasteiger partial charge in [0.2, 0.25) is 0 Å². The number of benzene rings is 2. The first-order chi connectivity index (χ1) is 17.5. The highest BCUT2D eigenvalue weighted by Gasteiger charge is 2.46. The number of halogens is 2. The third kappa shape index (κ3) is 6.20. The smallest absolute Gasteiger partial charge is 0.309 e. The van der Waals surface area contributed by atoms with E-state index in [0.717, 1.165) is 11.1 Å². The molecule has 198 valence electrons. The van der Waals surface area contributed by atoms with Crippen molar-refractivity contribution in [2.45, 2.75) is 52.4 Å². The van der Waals surface area contributed by atoms with Crippen LogP contribution in [-0.2, 0) is 42.6 Å². The van der Waals surface area contributed by atoms with Crippen LogP contribution < -0.4 is 15.4 Å². The molecule has 1 saturated heterocycles. The number of hydrogen-bond donors (Lipinski definition) is 2. The summed E-state index contributed by atoms with van der Waals surface area (Å²) in [6, 6.07) is 8.77. The van der Waals surface area contributed by atoms with E-state index in [4.69, 9.17) is 37.4 Å². The Bertz CT molecular complexity index is 1210. The van der Waals surface area contributed by atoms with Gasteiger partial charge in [0.1, 0.15) is 12.4 Å². The number of Topliss-reactive ketones (excluding diaryl/α,β-unsaturated/α-hetero) is 1. The molecule has 0 aromatic heterocycles.